The van der Waals surface area contributed by atoms with Crippen molar-refractivity contribution < 1.29 is 4.42 Å². The number of benzene rings is 7. The Morgan fingerprint density at radius 1 is 0.400 bits per heavy atom. The van der Waals surface area contributed by atoms with E-state index in [4.69, 9.17) is 19.4 Å². The third-order valence-corrected chi connectivity index (χ3v) is 9.46. The van der Waals surface area contributed by atoms with Gasteiger partial charge in [0.1, 0.15) is 11.2 Å². The average Bonchev–Trinajstić information content (AvgIpc) is 3.75. The first-order valence-electron chi connectivity index (χ1n) is 16.7. The number of fused-ring (bicyclic) bond motifs is 6. The number of rotatable bonds is 5. The Kier molecular flexibility index (Phi) is 6.42. The lowest BCUT2D eigenvalue weighted by Crippen LogP contribution is -2.01. The second-order valence-corrected chi connectivity index (χ2v) is 12.4. The Bertz CT molecular complexity index is 2870. The predicted molar refractivity (Wildman–Crippen MR) is 203 cm³/mol. The number of aromatic nitrogens is 4. The highest BCUT2D eigenvalue weighted by molar-refractivity contribution is 6.15. The molecule has 234 valence electrons. The predicted octanol–water partition coefficient (Wildman–Crippen LogP) is 11.5. The number of nitrogens with zero attached hydrogens (tertiary/aromatic N) is 4. The molecular formula is C45H28N4O. The summed E-state index contributed by atoms with van der Waals surface area (Å²) < 4.78 is 8.80. The number of hydrogen-bond donors (Lipinski definition) is 0. The maximum absolute atomic E-state index is 6.48. The van der Waals surface area contributed by atoms with E-state index in [9.17, 15) is 0 Å². The van der Waals surface area contributed by atoms with Crippen LogP contribution in [0.4, 0.5) is 0 Å². The fourth-order valence-electron chi connectivity index (χ4n) is 7.20. The van der Waals surface area contributed by atoms with Crippen LogP contribution in [0.1, 0.15) is 0 Å². The minimum Gasteiger partial charge on any atom is -0.455 e. The minimum atomic E-state index is 0.559. The van der Waals surface area contributed by atoms with Gasteiger partial charge >= 0.3 is 0 Å². The molecule has 10 rings (SSSR count). The van der Waals surface area contributed by atoms with E-state index in [1.807, 2.05) is 42.5 Å². The summed E-state index contributed by atoms with van der Waals surface area (Å²) in [4.78, 5) is 15.6. The lowest BCUT2D eigenvalue weighted by molar-refractivity contribution is 0.669. The molecule has 0 amide bonds. The normalized spacial score (nSPS) is 11.6. The fourth-order valence-corrected chi connectivity index (χ4v) is 7.20. The molecule has 0 aliphatic heterocycles. The van der Waals surface area contributed by atoms with E-state index < -0.39 is 0 Å². The standard InChI is InChI=1S/C45H28N4O/c1-3-14-29(15-4-1)30-16-11-17-31(28-30)43-46-44(48-45(47-43)37-24-12-22-34-33-20-8-10-27-40(33)50-42(34)37)36-23-13-26-39-41(36)35-21-7-9-25-38(35)49(39)32-18-5-2-6-19-32/h1-28H. The molecular weight excluding hydrogens is 613 g/mol. The zero-order valence-electron chi connectivity index (χ0n) is 26.9. The van der Waals surface area contributed by atoms with E-state index in [0.717, 1.165) is 77.2 Å². The molecule has 0 radical (unpaired) electrons. The first kappa shape index (κ1) is 28.2. The van der Waals surface area contributed by atoms with Gasteiger partial charge in [0, 0.05) is 38.4 Å². The van der Waals surface area contributed by atoms with Gasteiger partial charge in [0.25, 0.3) is 0 Å². The molecule has 0 atom stereocenters. The zero-order valence-corrected chi connectivity index (χ0v) is 26.9. The Labute approximate surface area is 287 Å². The van der Waals surface area contributed by atoms with Crippen molar-refractivity contribution in [2.45, 2.75) is 0 Å². The third-order valence-electron chi connectivity index (χ3n) is 9.46. The van der Waals surface area contributed by atoms with E-state index in [2.05, 4.69) is 132 Å². The summed E-state index contributed by atoms with van der Waals surface area (Å²) in [5.74, 6) is 1.76. The van der Waals surface area contributed by atoms with E-state index in [1.165, 1.54) is 0 Å². The van der Waals surface area contributed by atoms with Crippen molar-refractivity contribution in [3.05, 3.63) is 170 Å². The van der Waals surface area contributed by atoms with E-state index in [-0.39, 0.29) is 0 Å². The molecule has 5 nitrogen and oxygen atoms in total. The second kappa shape index (κ2) is 11.4. The molecule has 0 spiro atoms. The molecule has 50 heavy (non-hydrogen) atoms. The van der Waals surface area contributed by atoms with Crippen LogP contribution in [0.3, 0.4) is 0 Å². The van der Waals surface area contributed by atoms with Gasteiger partial charge in [0.15, 0.2) is 17.5 Å². The van der Waals surface area contributed by atoms with Crippen LogP contribution >= 0.6 is 0 Å². The lowest BCUT2D eigenvalue weighted by Gasteiger charge is -2.11. The maximum atomic E-state index is 6.48. The summed E-state index contributed by atoms with van der Waals surface area (Å²) in [5, 5.41) is 4.32. The molecule has 0 saturated carbocycles. The Morgan fingerprint density at radius 3 is 1.84 bits per heavy atom. The smallest absolute Gasteiger partial charge is 0.167 e. The van der Waals surface area contributed by atoms with Crippen molar-refractivity contribution in [2.75, 3.05) is 0 Å². The van der Waals surface area contributed by atoms with Crippen LogP contribution in [0.25, 0.3) is 94.7 Å². The van der Waals surface area contributed by atoms with Crippen molar-refractivity contribution in [2.24, 2.45) is 0 Å². The van der Waals surface area contributed by atoms with Crippen LogP contribution in [0, 0.1) is 0 Å². The summed E-state index contributed by atoms with van der Waals surface area (Å²) in [6, 6.07) is 58.5. The molecule has 0 unspecified atom stereocenters. The number of para-hydroxylation sites is 4. The van der Waals surface area contributed by atoms with Gasteiger partial charge in [0.05, 0.1) is 16.6 Å². The van der Waals surface area contributed by atoms with Crippen LogP contribution in [0.2, 0.25) is 0 Å². The highest BCUT2D eigenvalue weighted by Crippen LogP contribution is 2.40. The summed E-state index contributed by atoms with van der Waals surface area (Å²) >= 11 is 0. The minimum absolute atomic E-state index is 0.559. The van der Waals surface area contributed by atoms with Gasteiger partial charge in [-0.1, -0.05) is 127 Å². The van der Waals surface area contributed by atoms with E-state index in [1.54, 1.807) is 0 Å². The first-order valence-corrected chi connectivity index (χ1v) is 16.7. The Balaban J connectivity index is 1.26. The van der Waals surface area contributed by atoms with Gasteiger partial charge in [-0.2, -0.15) is 0 Å². The van der Waals surface area contributed by atoms with Crippen molar-refractivity contribution in [1.29, 1.82) is 0 Å². The summed E-state index contributed by atoms with van der Waals surface area (Å²) in [7, 11) is 0. The van der Waals surface area contributed by atoms with Crippen LogP contribution in [-0.4, -0.2) is 19.5 Å². The van der Waals surface area contributed by atoms with Gasteiger partial charge < -0.3 is 8.98 Å². The average molecular weight is 641 g/mol. The fraction of sp³-hybridized carbons (Fsp3) is 0. The topological polar surface area (TPSA) is 56.7 Å². The lowest BCUT2D eigenvalue weighted by atomic mass is 10.0. The largest absolute Gasteiger partial charge is 0.455 e. The first-order chi connectivity index (χ1) is 24.8. The maximum Gasteiger partial charge on any atom is 0.167 e. The van der Waals surface area contributed by atoms with Crippen LogP contribution in [0.15, 0.2) is 174 Å². The summed E-state index contributed by atoms with van der Waals surface area (Å²) in [6.07, 6.45) is 0. The van der Waals surface area contributed by atoms with Gasteiger partial charge in [-0.3, -0.25) is 0 Å². The monoisotopic (exact) mass is 640 g/mol. The van der Waals surface area contributed by atoms with Crippen LogP contribution in [0.5, 0.6) is 0 Å². The number of hydrogen-bond acceptors (Lipinski definition) is 4. The number of furan rings is 1. The van der Waals surface area contributed by atoms with E-state index >= 15 is 0 Å². The van der Waals surface area contributed by atoms with Crippen molar-refractivity contribution >= 4 is 43.7 Å². The van der Waals surface area contributed by atoms with Crippen LogP contribution < -0.4 is 0 Å². The van der Waals surface area contributed by atoms with Gasteiger partial charge in [0.2, 0.25) is 0 Å². The van der Waals surface area contributed by atoms with Gasteiger partial charge in [-0.15, -0.1) is 0 Å². The molecule has 7 aromatic carbocycles. The Morgan fingerprint density at radius 2 is 0.980 bits per heavy atom. The molecule has 0 saturated heterocycles. The van der Waals surface area contributed by atoms with Gasteiger partial charge in [-0.25, -0.2) is 15.0 Å². The molecule has 0 aliphatic carbocycles. The molecule has 3 aromatic heterocycles. The molecule has 0 fully saturated rings. The summed E-state index contributed by atoms with van der Waals surface area (Å²) in [5.41, 5.74) is 9.80. The summed E-state index contributed by atoms with van der Waals surface area (Å²) in [6.45, 7) is 0. The quantitative estimate of drug-likeness (QED) is 0.188. The molecule has 3 heterocycles. The highest BCUT2D eigenvalue weighted by Gasteiger charge is 2.21. The molecule has 10 aromatic rings. The Hall–Kier alpha value is -6.85. The van der Waals surface area contributed by atoms with Crippen LogP contribution in [-0.2, 0) is 0 Å². The zero-order chi connectivity index (χ0) is 33.0. The van der Waals surface area contributed by atoms with Crippen molar-refractivity contribution in [3.8, 4) is 51.0 Å². The van der Waals surface area contributed by atoms with E-state index in [0.29, 0.717) is 17.5 Å². The van der Waals surface area contributed by atoms with Crippen molar-refractivity contribution in [3.63, 3.8) is 0 Å². The van der Waals surface area contributed by atoms with Gasteiger partial charge in [-0.05, 0) is 53.6 Å². The molecule has 0 aliphatic rings. The van der Waals surface area contributed by atoms with Crippen molar-refractivity contribution in [1.82, 2.24) is 19.5 Å². The highest BCUT2D eigenvalue weighted by atomic mass is 16.3. The second-order valence-electron chi connectivity index (χ2n) is 12.4. The molecule has 0 N–H and O–H groups in total. The SMILES string of the molecule is c1ccc(-c2cccc(-c3nc(-c4cccc5c4oc4ccccc45)nc(-c4cccc5c4c4ccccc4n5-c4ccccc4)n3)c2)cc1. The molecule has 0 bridgehead atoms. The third kappa shape index (κ3) is 4.52. The molecule has 5 heteroatoms.